The molecule has 0 bridgehead atoms. The van der Waals surface area contributed by atoms with Gasteiger partial charge in [-0.15, -0.1) is 0 Å². The summed E-state index contributed by atoms with van der Waals surface area (Å²) in [7, 11) is 0. The molecule has 116 valence electrons. The van der Waals surface area contributed by atoms with Gasteiger partial charge in [0.1, 0.15) is 0 Å². The highest BCUT2D eigenvalue weighted by molar-refractivity contribution is 9.10. The van der Waals surface area contributed by atoms with Crippen LogP contribution in [0.2, 0.25) is 0 Å². The molecule has 3 rings (SSSR count). The molecule has 0 saturated carbocycles. The number of nitrogens with one attached hydrogen (secondary N) is 1. The largest absolute Gasteiger partial charge is 0.507 e. The SMILES string of the molecule is FC1(F)Oc2cc(Br)c(C3CCCNC3)cc2OC1(F)F. The molecule has 0 spiro atoms. The number of alkyl halides is 4. The summed E-state index contributed by atoms with van der Waals surface area (Å²) in [6.07, 6.45) is -7.53. The Balaban J connectivity index is 1.97. The van der Waals surface area contributed by atoms with E-state index in [0.29, 0.717) is 11.0 Å². The van der Waals surface area contributed by atoms with Crippen molar-refractivity contribution < 1.29 is 27.0 Å². The molecular formula is C13H12BrF4NO2. The van der Waals surface area contributed by atoms with E-state index in [9.17, 15) is 17.6 Å². The number of ether oxygens (including phenoxy) is 2. The van der Waals surface area contributed by atoms with Gasteiger partial charge in [0.05, 0.1) is 0 Å². The number of hydrogen-bond donors (Lipinski definition) is 1. The van der Waals surface area contributed by atoms with E-state index in [0.717, 1.165) is 24.9 Å². The third kappa shape index (κ3) is 2.59. The van der Waals surface area contributed by atoms with Crippen molar-refractivity contribution in [2.24, 2.45) is 0 Å². The minimum atomic E-state index is -4.69. The van der Waals surface area contributed by atoms with E-state index in [1.165, 1.54) is 12.1 Å². The molecule has 1 N–H and O–H groups in total. The Morgan fingerprint density at radius 2 is 1.71 bits per heavy atom. The van der Waals surface area contributed by atoms with E-state index in [-0.39, 0.29) is 11.7 Å². The zero-order chi connectivity index (χ0) is 15.3. The Hall–Kier alpha value is -1.02. The molecule has 0 amide bonds. The Kier molecular flexibility index (Phi) is 3.56. The standard InChI is InChI=1S/C13H12BrF4NO2/c14-9-5-11-10(20-12(15,16)13(17,18)21-11)4-8(9)7-2-1-3-19-6-7/h4-5,7,19H,1-3,6H2. The van der Waals surface area contributed by atoms with Crippen LogP contribution in [0.3, 0.4) is 0 Å². The van der Waals surface area contributed by atoms with Crippen LogP contribution >= 0.6 is 15.9 Å². The second-order valence-corrected chi connectivity index (χ2v) is 5.96. The molecule has 0 aromatic heterocycles. The maximum atomic E-state index is 13.2. The molecule has 2 aliphatic rings. The summed E-state index contributed by atoms with van der Waals surface area (Å²) in [5, 5.41) is 3.21. The summed E-state index contributed by atoms with van der Waals surface area (Å²) in [4.78, 5) is 0. The Labute approximate surface area is 126 Å². The quantitative estimate of drug-likeness (QED) is 0.762. The van der Waals surface area contributed by atoms with E-state index < -0.39 is 18.0 Å². The summed E-state index contributed by atoms with van der Waals surface area (Å²) in [6, 6.07) is 2.60. The molecular weight excluding hydrogens is 358 g/mol. The second kappa shape index (κ2) is 5.01. The van der Waals surface area contributed by atoms with Crippen molar-refractivity contribution >= 4 is 15.9 Å². The number of fused-ring (bicyclic) bond motifs is 1. The molecule has 8 heteroatoms. The van der Waals surface area contributed by atoms with E-state index in [4.69, 9.17) is 0 Å². The molecule has 1 aromatic rings. The monoisotopic (exact) mass is 369 g/mol. The summed E-state index contributed by atoms with van der Waals surface area (Å²) in [5.41, 5.74) is 0.741. The lowest BCUT2D eigenvalue weighted by Crippen LogP contribution is -2.52. The molecule has 1 saturated heterocycles. The fourth-order valence-corrected chi connectivity index (χ4v) is 3.18. The predicted molar refractivity (Wildman–Crippen MR) is 70.1 cm³/mol. The minimum Gasteiger partial charge on any atom is -0.421 e. The van der Waals surface area contributed by atoms with Gasteiger partial charge in [-0.3, -0.25) is 0 Å². The molecule has 0 aliphatic carbocycles. The lowest BCUT2D eigenvalue weighted by molar-refractivity contribution is -0.391. The van der Waals surface area contributed by atoms with Crippen LogP contribution in [0.5, 0.6) is 11.5 Å². The molecule has 1 aromatic carbocycles. The highest BCUT2D eigenvalue weighted by Gasteiger charge is 2.66. The van der Waals surface area contributed by atoms with Gasteiger partial charge in [0, 0.05) is 11.0 Å². The van der Waals surface area contributed by atoms with Crippen molar-refractivity contribution in [3.8, 4) is 11.5 Å². The smallest absolute Gasteiger partial charge is 0.421 e. The molecule has 0 radical (unpaired) electrons. The van der Waals surface area contributed by atoms with Crippen molar-refractivity contribution in [1.29, 1.82) is 0 Å². The van der Waals surface area contributed by atoms with Crippen molar-refractivity contribution in [2.45, 2.75) is 31.0 Å². The summed E-state index contributed by atoms with van der Waals surface area (Å²) in [6.45, 7) is 1.60. The maximum absolute atomic E-state index is 13.2. The normalized spacial score (nSPS) is 26.4. The molecule has 1 fully saturated rings. The summed E-state index contributed by atoms with van der Waals surface area (Å²) >= 11 is 3.28. The van der Waals surface area contributed by atoms with Crippen LogP contribution in [-0.4, -0.2) is 25.3 Å². The molecule has 1 atom stereocenters. The van der Waals surface area contributed by atoms with Gasteiger partial charge in [0.2, 0.25) is 0 Å². The highest BCUT2D eigenvalue weighted by atomic mass is 79.9. The third-order valence-corrected chi connectivity index (χ3v) is 4.30. The van der Waals surface area contributed by atoms with Crippen LogP contribution < -0.4 is 14.8 Å². The van der Waals surface area contributed by atoms with Crippen LogP contribution in [0.25, 0.3) is 0 Å². The zero-order valence-corrected chi connectivity index (χ0v) is 12.4. The van der Waals surface area contributed by atoms with Crippen LogP contribution in [0.15, 0.2) is 16.6 Å². The highest BCUT2D eigenvalue weighted by Crippen LogP contribution is 2.49. The molecule has 2 aliphatic heterocycles. The lowest BCUT2D eigenvalue weighted by atomic mass is 9.91. The van der Waals surface area contributed by atoms with Gasteiger partial charge in [-0.2, -0.15) is 17.6 Å². The Morgan fingerprint density at radius 3 is 2.29 bits per heavy atom. The van der Waals surface area contributed by atoms with Crippen molar-refractivity contribution in [1.82, 2.24) is 5.32 Å². The number of rotatable bonds is 1. The average molecular weight is 370 g/mol. The van der Waals surface area contributed by atoms with Crippen LogP contribution in [-0.2, 0) is 0 Å². The third-order valence-electron chi connectivity index (χ3n) is 3.61. The number of piperidine rings is 1. The molecule has 2 heterocycles. The van der Waals surface area contributed by atoms with E-state index in [1.54, 1.807) is 0 Å². The van der Waals surface area contributed by atoms with E-state index in [1.807, 2.05) is 0 Å². The Morgan fingerprint density at radius 1 is 1.10 bits per heavy atom. The van der Waals surface area contributed by atoms with Gasteiger partial charge in [-0.1, -0.05) is 15.9 Å². The van der Waals surface area contributed by atoms with E-state index in [2.05, 4.69) is 30.7 Å². The van der Waals surface area contributed by atoms with E-state index >= 15 is 0 Å². The van der Waals surface area contributed by atoms with Gasteiger partial charge in [-0.05, 0) is 43.0 Å². The minimum absolute atomic E-state index is 0.109. The first-order valence-corrected chi connectivity index (χ1v) is 7.27. The Bertz CT molecular complexity index is 561. The van der Waals surface area contributed by atoms with Crippen LogP contribution in [0.4, 0.5) is 17.6 Å². The first-order valence-electron chi connectivity index (χ1n) is 6.48. The van der Waals surface area contributed by atoms with Gasteiger partial charge >= 0.3 is 12.2 Å². The topological polar surface area (TPSA) is 30.5 Å². The summed E-state index contributed by atoms with van der Waals surface area (Å²) < 4.78 is 61.5. The second-order valence-electron chi connectivity index (χ2n) is 5.10. The van der Waals surface area contributed by atoms with Gasteiger partial charge in [0.25, 0.3) is 0 Å². The van der Waals surface area contributed by atoms with Crippen LogP contribution in [0, 0.1) is 0 Å². The van der Waals surface area contributed by atoms with Crippen LogP contribution in [0.1, 0.15) is 24.3 Å². The molecule has 1 unspecified atom stereocenters. The first kappa shape index (κ1) is 14.9. The van der Waals surface area contributed by atoms with Gasteiger partial charge in [0.15, 0.2) is 11.5 Å². The average Bonchev–Trinajstić information content (AvgIpc) is 2.41. The van der Waals surface area contributed by atoms with Crippen molar-refractivity contribution in [3.63, 3.8) is 0 Å². The molecule has 3 nitrogen and oxygen atoms in total. The number of hydrogen-bond acceptors (Lipinski definition) is 3. The van der Waals surface area contributed by atoms with Gasteiger partial charge < -0.3 is 14.8 Å². The zero-order valence-electron chi connectivity index (χ0n) is 10.8. The molecule has 21 heavy (non-hydrogen) atoms. The maximum Gasteiger partial charge on any atom is 0.507 e. The fourth-order valence-electron chi connectivity index (χ4n) is 2.54. The number of benzene rings is 1. The first-order chi connectivity index (χ1) is 9.80. The fraction of sp³-hybridized carbons (Fsp3) is 0.538. The predicted octanol–water partition coefficient (Wildman–Crippen LogP) is 3.87. The van der Waals surface area contributed by atoms with Gasteiger partial charge in [-0.25, -0.2) is 0 Å². The van der Waals surface area contributed by atoms with Crippen molar-refractivity contribution in [3.05, 3.63) is 22.2 Å². The lowest BCUT2D eigenvalue weighted by Gasteiger charge is -2.33. The van der Waals surface area contributed by atoms with Crippen molar-refractivity contribution in [2.75, 3.05) is 13.1 Å². The number of halogens is 5. The summed E-state index contributed by atoms with van der Waals surface area (Å²) in [5.74, 6) is -0.655.